The molecule has 0 saturated heterocycles. The van der Waals surface area contributed by atoms with Gasteiger partial charge in [0.05, 0.1) is 5.56 Å². The van der Waals surface area contributed by atoms with Crippen LogP contribution >= 0.6 is 0 Å². The van der Waals surface area contributed by atoms with Crippen LogP contribution in [0.25, 0.3) is 11.0 Å². The SMILES string of the molecule is N#Cc1cn(Cc2ccccc2)c2nn[nH]c(=O)c12. The van der Waals surface area contributed by atoms with Crippen molar-refractivity contribution in [2.75, 3.05) is 0 Å². The lowest BCUT2D eigenvalue weighted by Crippen LogP contribution is -2.11. The summed E-state index contributed by atoms with van der Waals surface area (Å²) in [6, 6.07) is 11.8. The molecule has 6 nitrogen and oxygen atoms in total. The molecular formula is C13H9N5O. The third-order valence-electron chi connectivity index (χ3n) is 2.89. The second-order valence-electron chi connectivity index (χ2n) is 4.11. The Morgan fingerprint density at radius 1 is 1.32 bits per heavy atom. The average molecular weight is 251 g/mol. The zero-order chi connectivity index (χ0) is 13.2. The van der Waals surface area contributed by atoms with Gasteiger partial charge in [-0.1, -0.05) is 35.5 Å². The van der Waals surface area contributed by atoms with Crippen molar-refractivity contribution in [3.8, 4) is 6.07 Å². The molecule has 1 aromatic carbocycles. The summed E-state index contributed by atoms with van der Waals surface area (Å²) < 4.78 is 1.76. The van der Waals surface area contributed by atoms with Crippen LogP contribution in [0, 0.1) is 11.3 Å². The topological polar surface area (TPSA) is 87.4 Å². The Hall–Kier alpha value is -2.94. The van der Waals surface area contributed by atoms with E-state index >= 15 is 0 Å². The van der Waals surface area contributed by atoms with Gasteiger partial charge in [0.2, 0.25) is 0 Å². The molecule has 0 fully saturated rings. The van der Waals surface area contributed by atoms with Crippen molar-refractivity contribution in [1.82, 2.24) is 20.0 Å². The Balaban J connectivity index is 2.18. The van der Waals surface area contributed by atoms with Crippen LogP contribution in [0.15, 0.2) is 41.3 Å². The van der Waals surface area contributed by atoms with Crippen LogP contribution in [0.4, 0.5) is 0 Å². The first kappa shape index (κ1) is 11.2. The van der Waals surface area contributed by atoms with E-state index in [0.717, 1.165) is 5.56 Å². The predicted octanol–water partition coefficient (Wildman–Crippen LogP) is 1.04. The van der Waals surface area contributed by atoms with Crippen molar-refractivity contribution in [2.24, 2.45) is 0 Å². The summed E-state index contributed by atoms with van der Waals surface area (Å²) in [5, 5.41) is 19.1. The fourth-order valence-electron chi connectivity index (χ4n) is 2.04. The van der Waals surface area contributed by atoms with Gasteiger partial charge in [-0.05, 0) is 5.56 Å². The number of hydrogen-bond acceptors (Lipinski definition) is 4. The first-order valence-corrected chi connectivity index (χ1v) is 5.68. The zero-order valence-corrected chi connectivity index (χ0v) is 9.87. The van der Waals surface area contributed by atoms with Gasteiger partial charge in [-0.15, -0.1) is 5.10 Å². The Bertz CT molecular complexity index is 826. The Morgan fingerprint density at radius 2 is 2.11 bits per heavy atom. The maximum Gasteiger partial charge on any atom is 0.277 e. The van der Waals surface area contributed by atoms with Gasteiger partial charge in [-0.25, -0.2) is 5.10 Å². The molecule has 1 N–H and O–H groups in total. The molecule has 0 aliphatic rings. The molecule has 0 radical (unpaired) electrons. The van der Waals surface area contributed by atoms with Gasteiger partial charge in [-0.2, -0.15) is 5.26 Å². The van der Waals surface area contributed by atoms with Gasteiger partial charge in [0.15, 0.2) is 5.65 Å². The summed E-state index contributed by atoms with van der Waals surface area (Å²) in [4.78, 5) is 11.7. The molecular weight excluding hydrogens is 242 g/mol. The van der Waals surface area contributed by atoms with Gasteiger partial charge in [-0.3, -0.25) is 4.79 Å². The van der Waals surface area contributed by atoms with Gasteiger partial charge < -0.3 is 4.57 Å². The Kier molecular flexibility index (Phi) is 2.58. The summed E-state index contributed by atoms with van der Waals surface area (Å²) in [5.41, 5.74) is 1.39. The number of nitrogens with one attached hydrogen (secondary N) is 1. The van der Waals surface area contributed by atoms with Crippen LogP contribution < -0.4 is 5.56 Å². The van der Waals surface area contributed by atoms with E-state index in [0.29, 0.717) is 17.8 Å². The molecule has 0 aliphatic carbocycles. The molecule has 0 unspecified atom stereocenters. The number of H-pyrrole nitrogens is 1. The molecule has 0 amide bonds. The number of nitriles is 1. The monoisotopic (exact) mass is 251 g/mol. The highest BCUT2D eigenvalue weighted by atomic mass is 16.1. The standard InChI is InChI=1S/C13H9N5O/c14-6-10-8-18(7-9-4-2-1-3-5-9)12-11(10)13(19)16-17-15-12/h1-5,8H,7H2,(H,15,16,19). The molecule has 0 bridgehead atoms. The number of nitrogens with zero attached hydrogens (tertiary/aromatic N) is 4. The van der Waals surface area contributed by atoms with E-state index in [1.807, 2.05) is 36.4 Å². The molecule has 19 heavy (non-hydrogen) atoms. The van der Waals surface area contributed by atoms with E-state index in [4.69, 9.17) is 5.26 Å². The van der Waals surface area contributed by atoms with Crippen LogP contribution in [0.5, 0.6) is 0 Å². The molecule has 92 valence electrons. The molecule has 2 heterocycles. The molecule has 0 spiro atoms. The van der Waals surface area contributed by atoms with Crippen LogP contribution in [-0.2, 0) is 6.54 Å². The summed E-state index contributed by atoms with van der Waals surface area (Å²) in [5.74, 6) is 0. The molecule has 2 aromatic heterocycles. The Morgan fingerprint density at radius 3 is 2.84 bits per heavy atom. The molecule has 0 aliphatic heterocycles. The van der Waals surface area contributed by atoms with Gasteiger partial charge in [0.1, 0.15) is 11.5 Å². The third-order valence-corrected chi connectivity index (χ3v) is 2.89. The van der Waals surface area contributed by atoms with Crippen molar-refractivity contribution in [3.63, 3.8) is 0 Å². The van der Waals surface area contributed by atoms with E-state index in [-0.39, 0.29) is 5.39 Å². The summed E-state index contributed by atoms with van der Waals surface area (Å²) in [7, 11) is 0. The minimum Gasteiger partial charge on any atom is -0.325 e. The maximum atomic E-state index is 11.7. The van der Waals surface area contributed by atoms with Crippen LogP contribution in [-0.4, -0.2) is 20.0 Å². The normalized spacial score (nSPS) is 10.5. The minimum atomic E-state index is -0.395. The highest BCUT2D eigenvalue weighted by molar-refractivity contribution is 5.81. The highest BCUT2D eigenvalue weighted by Crippen LogP contribution is 2.15. The molecule has 6 heteroatoms. The second kappa shape index (κ2) is 4.38. The summed E-state index contributed by atoms with van der Waals surface area (Å²) in [6.45, 7) is 0.539. The van der Waals surface area contributed by atoms with Crippen molar-refractivity contribution >= 4 is 11.0 Å². The largest absolute Gasteiger partial charge is 0.325 e. The first-order valence-electron chi connectivity index (χ1n) is 5.68. The van der Waals surface area contributed by atoms with Gasteiger partial charge in [0, 0.05) is 12.7 Å². The number of benzene rings is 1. The third kappa shape index (κ3) is 1.87. The Labute approximate surface area is 107 Å². The lowest BCUT2D eigenvalue weighted by Gasteiger charge is -2.03. The lowest BCUT2D eigenvalue weighted by atomic mass is 10.2. The first-order chi connectivity index (χ1) is 9.29. The number of aromatic amines is 1. The minimum absolute atomic E-state index is 0.286. The maximum absolute atomic E-state index is 11.7. The molecule has 3 aromatic rings. The fraction of sp³-hybridized carbons (Fsp3) is 0.0769. The molecule has 3 rings (SSSR count). The van der Waals surface area contributed by atoms with Gasteiger partial charge >= 0.3 is 0 Å². The van der Waals surface area contributed by atoms with Crippen molar-refractivity contribution in [3.05, 3.63) is 58.0 Å². The van der Waals surface area contributed by atoms with E-state index in [1.54, 1.807) is 10.8 Å². The van der Waals surface area contributed by atoms with E-state index in [2.05, 4.69) is 15.4 Å². The van der Waals surface area contributed by atoms with Crippen molar-refractivity contribution in [2.45, 2.75) is 6.54 Å². The van der Waals surface area contributed by atoms with Crippen molar-refractivity contribution in [1.29, 1.82) is 5.26 Å². The number of hydrogen-bond donors (Lipinski definition) is 1. The smallest absolute Gasteiger partial charge is 0.277 e. The van der Waals surface area contributed by atoms with Crippen molar-refractivity contribution < 1.29 is 0 Å². The zero-order valence-electron chi connectivity index (χ0n) is 9.87. The van der Waals surface area contributed by atoms with E-state index < -0.39 is 5.56 Å². The van der Waals surface area contributed by atoms with E-state index in [9.17, 15) is 4.79 Å². The van der Waals surface area contributed by atoms with Gasteiger partial charge in [0.25, 0.3) is 5.56 Å². The summed E-state index contributed by atoms with van der Waals surface area (Å²) >= 11 is 0. The second-order valence-corrected chi connectivity index (χ2v) is 4.11. The quantitative estimate of drug-likeness (QED) is 0.737. The number of aromatic nitrogens is 4. The number of fused-ring (bicyclic) bond motifs is 1. The fourth-order valence-corrected chi connectivity index (χ4v) is 2.04. The van der Waals surface area contributed by atoms with Crippen LogP contribution in [0.1, 0.15) is 11.1 Å². The predicted molar refractivity (Wildman–Crippen MR) is 68.4 cm³/mol. The average Bonchev–Trinajstić information content (AvgIpc) is 2.80. The summed E-state index contributed by atoms with van der Waals surface area (Å²) in [6.07, 6.45) is 1.63. The highest BCUT2D eigenvalue weighted by Gasteiger charge is 2.13. The van der Waals surface area contributed by atoms with E-state index in [1.165, 1.54) is 0 Å². The molecule has 0 atom stereocenters. The van der Waals surface area contributed by atoms with Crippen LogP contribution in [0.2, 0.25) is 0 Å². The lowest BCUT2D eigenvalue weighted by molar-refractivity contribution is 0.788. The molecule has 0 saturated carbocycles. The number of rotatable bonds is 2. The van der Waals surface area contributed by atoms with Crippen LogP contribution in [0.3, 0.4) is 0 Å².